The fraction of sp³-hybridized carbons (Fsp3) is 0.559. The van der Waals surface area contributed by atoms with Gasteiger partial charge in [0.2, 0.25) is 41.4 Å². The molecule has 4 heterocycles. The van der Waals surface area contributed by atoms with E-state index in [1.54, 1.807) is 0 Å². The summed E-state index contributed by atoms with van der Waals surface area (Å²) < 4.78 is 0. The lowest BCUT2D eigenvalue weighted by Gasteiger charge is -2.30. The minimum Gasteiger partial charge on any atom is -0.391 e. The SMILES string of the molecule is CCCC1NC(=O)C2Cc3c([nH]c4ccccc34)SCC(NC(=O)C(C(C)O)NC(=O)C(C)NC1=O)C(=O)N1CCCC1C(=O)NC(C)C(=O)N2. The van der Waals surface area contributed by atoms with Gasteiger partial charge in [0, 0.05) is 29.6 Å². The Balaban J connectivity index is 1.66. The Bertz CT molecular complexity index is 1700. The first-order valence-electron chi connectivity index (χ1n) is 17.3. The van der Waals surface area contributed by atoms with E-state index in [9.17, 15) is 38.7 Å². The molecule has 51 heavy (non-hydrogen) atoms. The van der Waals surface area contributed by atoms with E-state index in [2.05, 4.69) is 36.9 Å². The van der Waals surface area contributed by atoms with Gasteiger partial charge in [-0.2, -0.15) is 0 Å². The third-order valence-corrected chi connectivity index (χ3v) is 10.6. The molecule has 276 valence electrons. The summed E-state index contributed by atoms with van der Waals surface area (Å²) in [5, 5.41) is 27.9. The van der Waals surface area contributed by atoms with Gasteiger partial charge < -0.3 is 46.9 Å². The van der Waals surface area contributed by atoms with Crippen LogP contribution >= 0.6 is 11.8 Å². The van der Waals surface area contributed by atoms with Gasteiger partial charge in [-0.25, -0.2) is 0 Å². The molecule has 7 amide bonds. The molecule has 1 fully saturated rings. The van der Waals surface area contributed by atoms with E-state index in [0.29, 0.717) is 29.9 Å². The molecule has 3 aliphatic rings. The van der Waals surface area contributed by atoms with Crippen LogP contribution in [0.5, 0.6) is 0 Å². The number of nitrogens with one attached hydrogen (secondary N) is 7. The summed E-state index contributed by atoms with van der Waals surface area (Å²) in [5.74, 6) is -4.75. The number of aliphatic hydroxyl groups excluding tert-OH is 1. The molecule has 1 saturated heterocycles. The molecule has 0 radical (unpaired) electrons. The average molecular weight is 727 g/mol. The number of hydrogen-bond acceptors (Lipinski definition) is 9. The molecule has 8 atom stereocenters. The van der Waals surface area contributed by atoms with Crippen molar-refractivity contribution in [1.82, 2.24) is 41.8 Å². The molecule has 17 heteroatoms. The molecule has 2 aromatic rings. The molecule has 1 aromatic heterocycles. The first-order valence-corrected chi connectivity index (χ1v) is 18.3. The summed E-state index contributed by atoms with van der Waals surface area (Å²) in [7, 11) is 0. The van der Waals surface area contributed by atoms with E-state index in [4.69, 9.17) is 0 Å². The fourth-order valence-electron chi connectivity index (χ4n) is 6.59. The Morgan fingerprint density at radius 1 is 0.824 bits per heavy atom. The molecule has 16 nitrogen and oxygen atoms in total. The van der Waals surface area contributed by atoms with Crippen molar-refractivity contribution in [2.75, 3.05) is 12.3 Å². The molecule has 1 aromatic carbocycles. The van der Waals surface area contributed by atoms with Crippen molar-refractivity contribution in [3.63, 3.8) is 0 Å². The van der Waals surface area contributed by atoms with Crippen molar-refractivity contribution in [3.8, 4) is 0 Å². The van der Waals surface area contributed by atoms with Crippen molar-refractivity contribution in [2.45, 2.75) is 113 Å². The monoisotopic (exact) mass is 726 g/mol. The molecular formula is C34H46N8O8S. The van der Waals surface area contributed by atoms with Crippen LogP contribution < -0.4 is 31.9 Å². The number of amides is 7. The highest BCUT2D eigenvalue weighted by Crippen LogP contribution is 2.32. The number of para-hydroxylation sites is 1. The van der Waals surface area contributed by atoms with Crippen LogP contribution in [0.4, 0.5) is 0 Å². The zero-order valence-electron chi connectivity index (χ0n) is 29.0. The smallest absolute Gasteiger partial charge is 0.246 e. The Kier molecular flexibility index (Phi) is 11.9. The number of benzene rings is 1. The van der Waals surface area contributed by atoms with Crippen molar-refractivity contribution in [2.24, 2.45) is 0 Å². The van der Waals surface area contributed by atoms with Crippen LogP contribution in [-0.4, -0.2) is 117 Å². The topological polar surface area (TPSA) is 231 Å². The second kappa shape index (κ2) is 16.1. The van der Waals surface area contributed by atoms with Crippen LogP contribution in [0.2, 0.25) is 0 Å². The van der Waals surface area contributed by atoms with Gasteiger partial charge in [0.25, 0.3) is 0 Å². The van der Waals surface area contributed by atoms with E-state index in [1.807, 2.05) is 31.2 Å². The van der Waals surface area contributed by atoms with Gasteiger partial charge in [-0.05, 0) is 51.7 Å². The van der Waals surface area contributed by atoms with Gasteiger partial charge in [0.1, 0.15) is 42.3 Å². The number of aromatic amines is 1. The number of aromatic nitrogens is 1. The maximum Gasteiger partial charge on any atom is 0.246 e. The summed E-state index contributed by atoms with van der Waals surface area (Å²) >= 11 is 1.20. The predicted molar refractivity (Wildman–Crippen MR) is 187 cm³/mol. The molecule has 5 rings (SSSR count). The summed E-state index contributed by atoms with van der Waals surface area (Å²) in [6.45, 7) is 6.22. The number of carbonyl (C=O) groups excluding carboxylic acids is 7. The fourth-order valence-corrected chi connectivity index (χ4v) is 7.69. The molecule has 8 unspecified atom stereocenters. The van der Waals surface area contributed by atoms with Gasteiger partial charge in [0.05, 0.1) is 11.1 Å². The van der Waals surface area contributed by atoms with Crippen LogP contribution in [0.3, 0.4) is 0 Å². The number of aliphatic hydroxyl groups is 1. The van der Waals surface area contributed by atoms with Gasteiger partial charge >= 0.3 is 0 Å². The normalized spacial score (nSPS) is 29.5. The second-order valence-electron chi connectivity index (χ2n) is 13.3. The summed E-state index contributed by atoms with van der Waals surface area (Å²) in [4.78, 5) is 101. The average Bonchev–Trinajstić information content (AvgIpc) is 3.72. The van der Waals surface area contributed by atoms with Crippen LogP contribution in [0.15, 0.2) is 29.3 Å². The van der Waals surface area contributed by atoms with Crippen LogP contribution in [0, 0.1) is 0 Å². The molecular weight excluding hydrogens is 680 g/mol. The first-order chi connectivity index (χ1) is 24.3. The Hall–Kier alpha value is -4.64. The minimum atomic E-state index is -1.50. The van der Waals surface area contributed by atoms with E-state index in [0.717, 1.165) is 10.9 Å². The first kappa shape index (κ1) is 37.6. The number of rotatable bonds is 3. The predicted octanol–water partition coefficient (Wildman–Crippen LogP) is -1.05. The number of thioether (sulfide) groups is 1. The number of fused-ring (bicyclic) bond motifs is 5. The molecule has 0 saturated carbocycles. The lowest BCUT2D eigenvalue weighted by molar-refractivity contribution is -0.142. The summed E-state index contributed by atoms with van der Waals surface area (Å²) in [6.07, 6.45) is 0.0914. The van der Waals surface area contributed by atoms with Gasteiger partial charge in [-0.15, -0.1) is 11.8 Å². The van der Waals surface area contributed by atoms with Crippen LogP contribution in [0.1, 0.15) is 58.9 Å². The minimum absolute atomic E-state index is 0.0274. The zero-order valence-corrected chi connectivity index (χ0v) is 29.9. The Morgan fingerprint density at radius 3 is 2.20 bits per heavy atom. The number of carbonyl (C=O) groups is 7. The molecule has 8 N–H and O–H groups in total. The third kappa shape index (κ3) is 8.47. The van der Waals surface area contributed by atoms with E-state index >= 15 is 0 Å². The zero-order chi connectivity index (χ0) is 37.0. The standard InChI is InChI=1S/C34H46N8O8S/c1-5-9-22-29(46)35-17(3)28(45)41-26(18(4)43)32(49)39-24-15-51-33-20(19-10-6-7-11-21(19)40-33)14-23(30(47)37-22)38-27(44)16(2)36-31(48)25-12-8-13-42(25)34(24)50/h6-7,10-11,16-18,22-26,40,43H,5,8-9,12-15H2,1-4H3,(H,35,46)(H,36,48)(H,37,47)(H,38,44)(H,39,49)(H,41,45). The summed E-state index contributed by atoms with van der Waals surface area (Å²) in [5.41, 5.74) is 1.38. The lowest BCUT2D eigenvalue weighted by Crippen LogP contribution is -2.61. The molecule has 3 aliphatic heterocycles. The molecule has 0 spiro atoms. The van der Waals surface area contributed by atoms with Gasteiger partial charge in [-0.3, -0.25) is 33.6 Å². The number of nitrogens with zero attached hydrogens (tertiary/aromatic N) is 1. The van der Waals surface area contributed by atoms with E-state index < -0.39 is 89.7 Å². The highest BCUT2D eigenvalue weighted by atomic mass is 32.2. The van der Waals surface area contributed by atoms with Crippen molar-refractivity contribution in [3.05, 3.63) is 29.8 Å². The van der Waals surface area contributed by atoms with E-state index in [1.165, 1.54) is 37.4 Å². The van der Waals surface area contributed by atoms with Crippen molar-refractivity contribution >= 4 is 64.0 Å². The second-order valence-corrected chi connectivity index (χ2v) is 14.4. The quantitative estimate of drug-likeness (QED) is 0.193. The molecule has 2 bridgehead atoms. The maximum atomic E-state index is 14.2. The van der Waals surface area contributed by atoms with Crippen molar-refractivity contribution in [1.29, 1.82) is 0 Å². The highest BCUT2D eigenvalue weighted by molar-refractivity contribution is 7.99. The summed E-state index contributed by atoms with van der Waals surface area (Å²) in [6, 6.07) is -0.874. The van der Waals surface area contributed by atoms with Crippen LogP contribution in [0.25, 0.3) is 10.9 Å². The van der Waals surface area contributed by atoms with Gasteiger partial charge in [-0.1, -0.05) is 31.5 Å². The number of hydrogen-bond donors (Lipinski definition) is 8. The van der Waals surface area contributed by atoms with E-state index in [-0.39, 0.29) is 25.1 Å². The van der Waals surface area contributed by atoms with Gasteiger partial charge in [0.15, 0.2) is 0 Å². The Morgan fingerprint density at radius 2 is 1.49 bits per heavy atom. The number of H-pyrrole nitrogens is 1. The van der Waals surface area contributed by atoms with Crippen molar-refractivity contribution < 1.29 is 38.7 Å². The highest BCUT2D eigenvalue weighted by Gasteiger charge is 2.41. The third-order valence-electron chi connectivity index (χ3n) is 9.44. The Labute approximate surface area is 299 Å². The molecule has 0 aliphatic carbocycles. The largest absolute Gasteiger partial charge is 0.391 e. The maximum absolute atomic E-state index is 14.2. The lowest BCUT2D eigenvalue weighted by atomic mass is 10.0. The van der Waals surface area contributed by atoms with Crippen LogP contribution in [-0.2, 0) is 40.0 Å².